The summed E-state index contributed by atoms with van der Waals surface area (Å²) in [4.78, 5) is 20.5. The highest BCUT2D eigenvalue weighted by Crippen LogP contribution is 2.24. The van der Waals surface area contributed by atoms with Crippen LogP contribution in [0.3, 0.4) is 0 Å². The molecule has 3 heterocycles. The first kappa shape index (κ1) is 17.2. The van der Waals surface area contributed by atoms with E-state index in [4.69, 9.17) is 4.52 Å². The van der Waals surface area contributed by atoms with Gasteiger partial charge in [0.1, 0.15) is 5.82 Å². The van der Waals surface area contributed by atoms with Crippen molar-refractivity contribution >= 4 is 11.8 Å². The maximum absolute atomic E-state index is 11.8. The van der Waals surface area contributed by atoms with E-state index in [-0.39, 0.29) is 5.56 Å². The molecule has 1 aliphatic carbocycles. The van der Waals surface area contributed by atoms with E-state index < -0.39 is 0 Å². The van der Waals surface area contributed by atoms with E-state index in [1.807, 2.05) is 19.1 Å². The van der Waals surface area contributed by atoms with E-state index in [1.54, 1.807) is 18.5 Å². The lowest BCUT2D eigenvalue weighted by molar-refractivity contribution is 0.382. The Balaban J connectivity index is 1.34. The van der Waals surface area contributed by atoms with E-state index >= 15 is 0 Å². The lowest BCUT2D eigenvalue weighted by Gasteiger charge is -2.14. The minimum atomic E-state index is -0.183. The van der Waals surface area contributed by atoms with Gasteiger partial charge in [0, 0.05) is 30.8 Å². The van der Waals surface area contributed by atoms with Gasteiger partial charge in [-0.3, -0.25) is 4.79 Å². The van der Waals surface area contributed by atoms with E-state index in [0.29, 0.717) is 29.6 Å². The highest BCUT2D eigenvalue weighted by molar-refractivity contribution is 5.41. The Kier molecular flexibility index (Phi) is 4.82. The van der Waals surface area contributed by atoms with Gasteiger partial charge in [0.15, 0.2) is 0 Å². The first-order chi connectivity index (χ1) is 13.2. The summed E-state index contributed by atoms with van der Waals surface area (Å²) < 4.78 is 6.45. The average molecular weight is 367 g/mol. The molecule has 0 radical (unpaired) electrons. The molecule has 0 bridgehead atoms. The maximum Gasteiger partial charge on any atom is 0.271 e. The van der Waals surface area contributed by atoms with Gasteiger partial charge in [-0.05, 0) is 42.6 Å². The molecular weight excluding hydrogens is 346 g/mol. The molecule has 1 aliphatic rings. The Morgan fingerprint density at radius 1 is 1.22 bits per heavy atom. The predicted molar refractivity (Wildman–Crippen MR) is 100.0 cm³/mol. The molecule has 27 heavy (non-hydrogen) atoms. The molecule has 2 atom stereocenters. The highest BCUT2D eigenvalue weighted by Gasteiger charge is 2.25. The summed E-state index contributed by atoms with van der Waals surface area (Å²) in [7, 11) is 0. The van der Waals surface area contributed by atoms with Crippen LogP contribution in [0.25, 0.3) is 5.69 Å². The first-order valence-corrected chi connectivity index (χ1v) is 9.07. The normalized spacial score (nSPS) is 19.1. The molecule has 3 aromatic heterocycles. The molecule has 1 fully saturated rings. The van der Waals surface area contributed by atoms with Crippen molar-refractivity contribution in [1.29, 1.82) is 0 Å². The van der Waals surface area contributed by atoms with Gasteiger partial charge in [-0.2, -0.15) is 14.8 Å². The number of nitrogens with one attached hydrogen (secondary N) is 2. The molecule has 3 aromatic rings. The fourth-order valence-corrected chi connectivity index (χ4v) is 3.24. The van der Waals surface area contributed by atoms with E-state index in [9.17, 15) is 4.79 Å². The smallest absolute Gasteiger partial charge is 0.271 e. The second kappa shape index (κ2) is 7.56. The van der Waals surface area contributed by atoms with E-state index in [0.717, 1.165) is 31.5 Å². The van der Waals surface area contributed by atoms with Crippen LogP contribution < -0.4 is 16.2 Å². The minimum absolute atomic E-state index is 0.183. The largest absolute Gasteiger partial charge is 0.367 e. The van der Waals surface area contributed by atoms with Crippen LogP contribution in [0.5, 0.6) is 0 Å². The monoisotopic (exact) mass is 367 g/mol. The maximum atomic E-state index is 11.8. The second-order valence-electron chi connectivity index (χ2n) is 6.54. The third kappa shape index (κ3) is 3.97. The summed E-state index contributed by atoms with van der Waals surface area (Å²) in [5.41, 5.74) is 0.457. The van der Waals surface area contributed by atoms with Crippen LogP contribution in [0.1, 0.15) is 32.1 Å². The average Bonchev–Trinajstić information content (AvgIpc) is 3.32. The molecule has 140 valence electrons. The first-order valence-electron chi connectivity index (χ1n) is 9.07. The second-order valence-corrected chi connectivity index (χ2v) is 6.54. The molecule has 2 N–H and O–H groups in total. The summed E-state index contributed by atoms with van der Waals surface area (Å²) in [6.07, 6.45) is 6.95. The standard InChI is InChI=1S/C18H21N7O2/c1-2-16-23-18(24-27-16)22-13-6-5-12(10-13)21-15-8-7-14(11-19-15)25-17(26)4-3-9-20-25/h3-4,7-9,11-13H,2,5-6,10H2,1H3,(H,19,21)(H,22,24)/t12-,13-/m0/s1. The van der Waals surface area contributed by atoms with Crippen LogP contribution in [0, 0.1) is 0 Å². The molecule has 0 saturated heterocycles. The summed E-state index contributed by atoms with van der Waals surface area (Å²) >= 11 is 0. The lowest BCUT2D eigenvalue weighted by Crippen LogP contribution is -2.22. The zero-order valence-electron chi connectivity index (χ0n) is 15.0. The van der Waals surface area contributed by atoms with Gasteiger partial charge in [-0.25, -0.2) is 4.98 Å². The molecule has 1 saturated carbocycles. The van der Waals surface area contributed by atoms with E-state index in [1.165, 1.54) is 10.7 Å². The third-order valence-electron chi connectivity index (χ3n) is 4.60. The van der Waals surface area contributed by atoms with Gasteiger partial charge in [-0.15, -0.1) is 0 Å². The Hall–Kier alpha value is -3.23. The van der Waals surface area contributed by atoms with Crippen LogP contribution in [-0.4, -0.2) is 37.0 Å². The van der Waals surface area contributed by atoms with E-state index in [2.05, 4.69) is 30.9 Å². The Labute approximate surface area is 155 Å². The number of rotatable bonds is 6. The number of nitrogens with zero attached hydrogens (tertiary/aromatic N) is 5. The van der Waals surface area contributed by atoms with Crippen LogP contribution in [-0.2, 0) is 6.42 Å². The Bertz CT molecular complexity index is 951. The summed E-state index contributed by atoms with van der Waals surface area (Å²) in [5.74, 6) is 1.98. The zero-order chi connectivity index (χ0) is 18.6. The number of aryl methyl sites for hydroxylation is 1. The molecule has 0 aromatic carbocycles. The molecule has 4 rings (SSSR count). The molecule has 9 nitrogen and oxygen atoms in total. The summed E-state index contributed by atoms with van der Waals surface area (Å²) in [5, 5.41) is 14.8. The molecule has 0 aliphatic heterocycles. The molecule has 0 amide bonds. The lowest BCUT2D eigenvalue weighted by atomic mass is 10.2. The SMILES string of the molecule is CCc1nc(N[C@H]2CC[C@H](Nc3ccc(-n4ncccc4=O)cn3)C2)no1. The van der Waals surface area contributed by atoms with Crippen LogP contribution in [0.4, 0.5) is 11.8 Å². The van der Waals surface area contributed by atoms with Gasteiger partial charge in [0.2, 0.25) is 5.89 Å². The fraction of sp³-hybridized carbons (Fsp3) is 0.389. The number of pyridine rings is 1. The van der Waals surface area contributed by atoms with Crippen molar-refractivity contribution < 1.29 is 4.52 Å². The van der Waals surface area contributed by atoms with Crippen molar-refractivity contribution in [2.45, 2.75) is 44.7 Å². The highest BCUT2D eigenvalue weighted by atomic mass is 16.5. The Morgan fingerprint density at radius 2 is 2.07 bits per heavy atom. The van der Waals surface area contributed by atoms with Gasteiger partial charge >= 0.3 is 0 Å². The van der Waals surface area contributed by atoms with Crippen molar-refractivity contribution in [3.05, 3.63) is 52.9 Å². The number of hydrogen-bond acceptors (Lipinski definition) is 8. The molecule has 0 spiro atoms. The number of aromatic nitrogens is 5. The number of anilines is 2. The molecule has 0 unspecified atom stereocenters. The zero-order valence-corrected chi connectivity index (χ0v) is 15.0. The topological polar surface area (TPSA) is 111 Å². The van der Waals surface area contributed by atoms with Gasteiger partial charge in [-0.1, -0.05) is 6.92 Å². The third-order valence-corrected chi connectivity index (χ3v) is 4.60. The van der Waals surface area contributed by atoms with Crippen molar-refractivity contribution in [2.24, 2.45) is 0 Å². The van der Waals surface area contributed by atoms with Crippen molar-refractivity contribution in [3.63, 3.8) is 0 Å². The molecule has 9 heteroatoms. The van der Waals surface area contributed by atoms with Crippen molar-refractivity contribution in [3.8, 4) is 5.69 Å². The van der Waals surface area contributed by atoms with Gasteiger partial charge in [0.25, 0.3) is 11.5 Å². The van der Waals surface area contributed by atoms with Gasteiger partial charge in [0.05, 0.1) is 11.9 Å². The van der Waals surface area contributed by atoms with Crippen LogP contribution in [0.15, 0.2) is 46.0 Å². The van der Waals surface area contributed by atoms with Crippen molar-refractivity contribution in [1.82, 2.24) is 24.9 Å². The quantitative estimate of drug-likeness (QED) is 0.681. The van der Waals surface area contributed by atoms with Crippen LogP contribution in [0.2, 0.25) is 0 Å². The summed E-state index contributed by atoms with van der Waals surface area (Å²) in [6, 6.07) is 7.40. The summed E-state index contributed by atoms with van der Waals surface area (Å²) in [6.45, 7) is 1.98. The fourth-order valence-electron chi connectivity index (χ4n) is 3.24. The van der Waals surface area contributed by atoms with Crippen molar-refractivity contribution in [2.75, 3.05) is 10.6 Å². The molecular formula is C18H21N7O2. The number of hydrogen-bond donors (Lipinski definition) is 2. The minimum Gasteiger partial charge on any atom is -0.367 e. The Morgan fingerprint density at radius 3 is 2.78 bits per heavy atom. The predicted octanol–water partition coefficient (Wildman–Crippen LogP) is 2.02. The van der Waals surface area contributed by atoms with Gasteiger partial charge < -0.3 is 15.2 Å². The van der Waals surface area contributed by atoms with Crippen LogP contribution >= 0.6 is 0 Å².